The van der Waals surface area contributed by atoms with Crippen LogP contribution in [0.5, 0.6) is 11.5 Å². The third-order valence-corrected chi connectivity index (χ3v) is 5.93. The number of amides is 3. The van der Waals surface area contributed by atoms with Gasteiger partial charge in [0.05, 0.1) is 22.6 Å². The molecule has 3 amide bonds. The van der Waals surface area contributed by atoms with Gasteiger partial charge < -0.3 is 14.8 Å². The van der Waals surface area contributed by atoms with E-state index in [2.05, 4.69) is 21.2 Å². The van der Waals surface area contributed by atoms with Crippen LogP contribution >= 0.6 is 27.7 Å². The van der Waals surface area contributed by atoms with Crippen LogP contribution in [-0.4, -0.2) is 41.7 Å². The number of carbonyl (C=O) groups is 3. The topological polar surface area (TPSA) is 84.9 Å². The number of halogens is 1. The Labute approximate surface area is 199 Å². The number of nitrogens with one attached hydrogen (secondary N) is 1. The summed E-state index contributed by atoms with van der Waals surface area (Å²) in [5.74, 6) is 0.154. The summed E-state index contributed by atoms with van der Waals surface area (Å²) >= 11 is 4.27. The van der Waals surface area contributed by atoms with Crippen molar-refractivity contribution in [2.45, 2.75) is 20.8 Å². The van der Waals surface area contributed by atoms with E-state index in [1.165, 1.54) is 0 Å². The van der Waals surface area contributed by atoms with E-state index in [9.17, 15) is 14.4 Å². The second kappa shape index (κ2) is 10.7. The summed E-state index contributed by atoms with van der Waals surface area (Å²) in [5.41, 5.74) is 2.33. The van der Waals surface area contributed by atoms with Crippen LogP contribution in [0, 0.1) is 6.92 Å². The van der Waals surface area contributed by atoms with Gasteiger partial charge in [0, 0.05) is 5.69 Å². The molecule has 0 bridgehead atoms. The summed E-state index contributed by atoms with van der Waals surface area (Å²) < 4.78 is 12.0. The minimum Gasteiger partial charge on any atom is -0.490 e. The molecule has 0 spiro atoms. The van der Waals surface area contributed by atoms with Gasteiger partial charge in [-0.1, -0.05) is 17.7 Å². The van der Waals surface area contributed by atoms with Crippen LogP contribution in [0.15, 0.2) is 45.8 Å². The van der Waals surface area contributed by atoms with Crippen molar-refractivity contribution in [2.75, 3.05) is 25.1 Å². The van der Waals surface area contributed by atoms with Crippen LogP contribution in [0.4, 0.5) is 10.5 Å². The van der Waals surface area contributed by atoms with E-state index in [4.69, 9.17) is 9.47 Å². The van der Waals surface area contributed by atoms with Crippen molar-refractivity contribution in [2.24, 2.45) is 0 Å². The number of aryl methyl sites for hydroxylation is 1. The second-order valence-corrected chi connectivity index (χ2v) is 8.73. The molecule has 0 aromatic heterocycles. The standard InChI is InChI=1S/C23H23BrN2O5S/c1-4-30-18-11-15(10-17(24)21(18)31-5-2)12-19-22(28)26(23(29)32-19)13-20(27)25-16-8-6-14(3)7-9-16/h6-12H,4-5,13H2,1-3H3,(H,25,27)/b19-12+. The Morgan fingerprint density at radius 2 is 1.81 bits per heavy atom. The van der Waals surface area contributed by atoms with E-state index in [1.54, 1.807) is 30.3 Å². The lowest BCUT2D eigenvalue weighted by atomic mass is 10.2. The minimum atomic E-state index is -0.512. The number of ether oxygens (including phenoxy) is 2. The smallest absolute Gasteiger partial charge is 0.294 e. The predicted molar refractivity (Wildman–Crippen MR) is 129 cm³/mol. The van der Waals surface area contributed by atoms with Crippen molar-refractivity contribution in [3.05, 3.63) is 56.9 Å². The maximum Gasteiger partial charge on any atom is 0.294 e. The number of carbonyl (C=O) groups excluding carboxylic acids is 3. The van der Waals surface area contributed by atoms with E-state index >= 15 is 0 Å². The summed E-state index contributed by atoms with van der Waals surface area (Å²) in [6.07, 6.45) is 1.60. The van der Waals surface area contributed by atoms with Crippen LogP contribution in [0.3, 0.4) is 0 Å². The van der Waals surface area contributed by atoms with Crippen molar-refractivity contribution in [3.8, 4) is 11.5 Å². The fourth-order valence-electron chi connectivity index (χ4n) is 2.99. The van der Waals surface area contributed by atoms with E-state index in [1.807, 2.05) is 32.9 Å². The normalized spacial score (nSPS) is 14.8. The molecule has 0 radical (unpaired) electrons. The molecule has 2 aromatic carbocycles. The Morgan fingerprint density at radius 1 is 1.12 bits per heavy atom. The zero-order valence-electron chi connectivity index (χ0n) is 17.9. The highest BCUT2D eigenvalue weighted by Crippen LogP contribution is 2.39. The molecule has 3 rings (SSSR count). The highest BCUT2D eigenvalue weighted by molar-refractivity contribution is 9.10. The molecular weight excluding hydrogens is 496 g/mol. The third-order valence-electron chi connectivity index (χ3n) is 4.43. The Morgan fingerprint density at radius 3 is 2.47 bits per heavy atom. The molecule has 0 unspecified atom stereocenters. The molecule has 1 aliphatic rings. The summed E-state index contributed by atoms with van der Waals surface area (Å²) in [6, 6.07) is 10.8. The maximum atomic E-state index is 12.8. The molecule has 2 aromatic rings. The summed E-state index contributed by atoms with van der Waals surface area (Å²) in [6.45, 7) is 6.25. The number of hydrogen-bond acceptors (Lipinski definition) is 6. The van der Waals surface area contributed by atoms with Crippen molar-refractivity contribution in [1.29, 1.82) is 0 Å². The fourth-order valence-corrected chi connectivity index (χ4v) is 4.40. The molecule has 1 heterocycles. The second-order valence-electron chi connectivity index (χ2n) is 6.88. The number of nitrogens with zero attached hydrogens (tertiary/aromatic N) is 1. The fraction of sp³-hybridized carbons (Fsp3) is 0.261. The zero-order valence-corrected chi connectivity index (χ0v) is 20.3. The number of anilines is 1. The van der Waals surface area contributed by atoms with Gasteiger partial charge in [-0.2, -0.15) is 0 Å². The van der Waals surface area contributed by atoms with Crippen LogP contribution in [0.1, 0.15) is 25.0 Å². The van der Waals surface area contributed by atoms with Gasteiger partial charge in [0.15, 0.2) is 11.5 Å². The average molecular weight is 519 g/mol. The molecule has 9 heteroatoms. The molecule has 1 fully saturated rings. The summed E-state index contributed by atoms with van der Waals surface area (Å²) in [7, 11) is 0. The maximum absolute atomic E-state index is 12.8. The predicted octanol–water partition coefficient (Wildman–Crippen LogP) is 5.23. The average Bonchev–Trinajstić information content (AvgIpc) is 3.00. The highest BCUT2D eigenvalue weighted by Gasteiger charge is 2.36. The molecule has 1 N–H and O–H groups in total. The molecule has 7 nitrogen and oxygen atoms in total. The lowest BCUT2D eigenvalue weighted by molar-refractivity contribution is -0.127. The number of thioether (sulfide) groups is 1. The first-order chi connectivity index (χ1) is 15.3. The van der Waals surface area contributed by atoms with Gasteiger partial charge in [-0.15, -0.1) is 0 Å². The molecule has 1 saturated heterocycles. The van der Waals surface area contributed by atoms with Crippen LogP contribution < -0.4 is 14.8 Å². The Bertz CT molecular complexity index is 1070. The SMILES string of the molecule is CCOc1cc(/C=C2/SC(=O)N(CC(=O)Nc3ccc(C)cc3)C2=O)cc(Br)c1OCC. The lowest BCUT2D eigenvalue weighted by Gasteiger charge is -2.14. The third kappa shape index (κ3) is 5.72. The van der Waals surface area contributed by atoms with E-state index in [0.717, 1.165) is 22.2 Å². The molecule has 0 saturated carbocycles. The molecule has 0 atom stereocenters. The van der Waals surface area contributed by atoms with Gasteiger partial charge in [-0.05, 0) is 84.4 Å². The molecule has 32 heavy (non-hydrogen) atoms. The first-order valence-corrected chi connectivity index (χ1v) is 11.6. The Balaban J connectivity index is 1.76. The summed E-state index contributed by atoms with van der Waals surface area (Å²) in [4.78, 5) is 38.7. The first kappa shape index (κ1) is 23.9. The molecular formula is C23H23BrN2O5S. The first-order valence-electron chi connectivity index (χ1n) is 10.0. The molecule has 1 aliphatic heterocycles. The van der Waals surface area contributed by atoms with E-state index < -0.39 is 17.1 Å². The van der Waals surface area contributed by atoms with E-state index in [-0.39, 0.29) is 11.4 Å². The van der Waals surface area contributed by atoms with Gasteiger partial charge in [0.2, 0.25) is 5.91 Å². The Hall–Kier alpha value is -2.78. The largest absolute Gasteiger partial charge is 0.490 e. The van der Waals surface area contributed by atoms with Crippen LogP contribution in [0.2, 0.25) is 0 Å². The number of benzene rings is 2. The van der Waals surface area contributed by atoms with Gasteiger partial charge in [-0.25, -0.2) is 0 Å². The number of imide groups is 1. The monoisotopic (exact) mass is 518 g/mol. The van der Waals surface area contributed by atoms with Crippen molar-refractivity contribution in [3.63, 3.8) is 0 Å². The summed E-state index contributed by atoms with van der Waals surface area (Å²) in [5, 5.41) is 2.21. The van der Waals surface area contributed by atoms with E-state index in [0.29, 0.717) is 40.4 Å². The lowest BCUT2D eigenvalue weighted by Crippen LogP contribution is -2.36. The Kier molecular flexibility index (Phi) is 7.98. The van der Waals surface area contributed by atoms with Crippen LogP contribution in [0.25, 0.3) is 6.08 Å². The van der Waals surface area contributed by atoms with Crippen molar-refractivity contribution >= 4 is 56.5 Å². The zero-order chi connectivity index (χ0) is 23.3. The van der Waals surface area contributed by atoms with Gasteiger partial charge in [0.1, 0.15) is 6.54 Å². The molecule has 168 valence electrons. The van der Waals surface area contributed by atoms with Crippen molar-refractivity contribution < 1.29 is 23.9 Å². The number of hydrogen-bond donors (Lipinski definition) is 1. The van der Waals surface area contributed by atoms with Crippen LogP contribution in [-0.2, 0) is 9.59 Å². The number of rotatable bonds is 8. The van der Waals surface area contributed by atoms with Gasteiger partial charge in [0.25, 0.3) is 11.1 Å². The molecule has 0 aliphatic carbocycles. The van der Waals surface area contributed by atoms with Crippen molar-refractivity contribution in [1.82, 2.24) is 4.90 Å². The minimum absolute atomic E-state index is 0.233. The van der Waals surface area contributed by atoms with Gasteiger partial charge in [-0.3, -0.25) is 19.3 Å². The van der Waals surface area contributed by atoms with Gasteiger partial charge >= 0.3 is 0 Å². The highest BCUT2D eigenvalue weighted by atomic mass is 79.9. The quantitative estimate of drug-likeness (QED) is 0.481.